The van der Waals surface area contributed by atoms with E-state index in [1.807, 2.05) is 6.08 Å². The van der Waals surface area contributed by atoms with Gasteiger partial charge in [0.05, 0.1) is 31.7 Å². The van der Waals surface area contributed by atoms with E-state index >= 15 is 8.78 Å². The van der Waals surface area contributed by atoms with Gasteiger partial charge in [0.1, 0.15) is 22.9 Å². The Hall–Kier alpha value is -6.25. The van der Waals surface area contributed by atoms with Gasteiger partial charge in [-0.05, 0) is 71.7 Å². The lowest BCUT2D eigenvalue weighted by atomic mass is 9.56. The zero-order valence-electron chi connectivity index (χ0n) is 32.4. The summed E-state index contributed by atoms with van der Waals surface area (Å²) in [7, 11) is 3.08. The molecule has 9 rings (SSSR count). The van der Waals surface area contributed by atoms with Gasteiger partial charge in [-0.2, -0.15) is 0 Å². The highest BCUT2D eigenvalue weighted by atomic mass is 35.5. The summed E-state index contributed by atoms with van der Waals surface area (Å²) >= 11 is 14.7. The number of imide groups is 2. The van der Waals surface area contributed by atoms with E-state index in [1.165, 1.54) is 19.2 Å². The van der Waals surface area contributed by atoms with Crippen LogP contribution in [-0.2, 0) is 19.2 Å². The van der Waals surface area contributed by atoms with Gasteiger partial charge >= 0.3 is 0 Å². The molecule has 3 fully saturated rings. The highest BCUT2D eigenvalue weighted by Gasteiger charge is 2.77. The van der Waals surface area contributed by atoms with Gasteiger partial charge in [0, 0.05) is 16.9 Å². The molecular formula is C46H31Cl2F5N2O7. The number of methoxy groups -OCH3 is 2. The van der Waals surface area contributed by atoms with Crippen molar-refractivity contribution >= 4 is 81.1 Å². The van der Waals surface area contributed by atoms with Gasteiger partial charge in [0.25, 0.3) is 11.8 Å². The average Bonchev–Trinajstić information content (AvgIpc) is 3.62. The molecule has 4 amide bonds. The number of phenolic OH excluding ortho intramolecular Hbond substituents is 1. The number of anilines is 2. The van der Waals surface area contributed by atoms with Crippen LogP contribution in [0.4, 0.5) is 33.3 Å². The minimum atomic E-state index is -2.72. The SMILES string of the molecule is COc1ccc(OC)c(C=Cc2ccc(N3C(=O)[C@H]4[C@H](CC=C5[C@H]4C[C@@]4(Cl)C(=O)N(c6c(F)c(F)c(F)c(F)c6F)C(=O)[C@@]4(Cl)[C@H]5c4ccc(O)c5ccccc45)C3=O)cc2)c1. The number of ether oxygens (including phenoxy) is 2. The fourth-order valence-electron chi connectivity index (χ4n) is 9.62. The number of allylic oxidation sites excluding steroid dienone is 2. The van der Waals surface area contributed by atoms with Gasteiger partial charge in [-0.1, -0.05) is 66.3 Å². The number of amides is 4. The summed E-state index contributed by atoms with van der Waals surface area (Å²) in [6, 6.07) is 21.0. The smallest absolute Gasteiger partial charge is 0.258 e. The van der Waals surface area contributed by atoms with E-state index in [-0.39, 0.29) is 39.3 Å². The van der Waals surface area contributed by atoms with Crippen molar-refractivity contribution in [2.24, 2.45) is 17.8 Å². The van der Waals surface area contributed by atoms with Gasteiger partial charge in [-0.15, -0.1) is 23.2 Å². The summed E-state index contributed by atoms with van der Waals surface area (Å²) in [5.74, 6) is -20.5. The van der Waals surface area contributed by atoms with Crippen LogP contribution in [0.5, 0.6) is 17.2 Å². The first kappa shape index (κ1) is 41.1. The number of carbonyl (C=O) groups excluding carboxylic acids is 4. The van der Waals surface area contributed by atoms with E-state index in [9.17, 15) is 37.5 Å². The lowest BCUT2D eigenvalue weighted by Crippen LogP contribution is -2.60. The van der Waals surface area contributed by atoms with Gasteiger partial charge in [-0.3, -0.25) is 24.1 Å². The molecule has 0 bridgehead atoms. The number of hydrogen-bond donors (Lipinski definition) is 1. The second-order valence-corrected chi connectivity index (χ2v) is 16.7. The van der Waals surface area contributed by atoms with Crippen LogP contribution >= 0.6 is 23.2 Å². The standard InChI is InChI=1S/C46H31Cl2F5N2O7/c1-61-24-13-18-32(62-2)22(19-24)10-7-21-8-11-23(12-9-21)54-41(57)29-15-14-28-30(33(29)42(54)58)20-45(47)43(59)55(40-38(52)36(50)35(49)37(51)39(40)53)44(60)46(45,48)34(28)27-16-17-31(56)26-6-4-3-5-25(26)27/h3-14,16-19,29-30,33-34,56H,15,20H2,1-2H3/t29-,30+,33-,34-,45+,46-/m0/s1. The predicted molar refractivity (Wildman–Crippen MR) is 219 cm³/mol. The van der Waals surface area contributed by atoms with Crippen LogP contribution < -0.4 is 19.3 Å². The molecule has 1 saturated carbocycles. The molecule has 4 aliphatic rings. The van der Waals surface area contributed by atoms with Crippen molar-refractivity contribution in [1.82, 2.24) is 0 Å². The Labute approximate surface area is 359 Å². The highest BCUT2D eigenvalue weighted by molar-refractivity contribution is 6.58. The topological polar surface area (TPSA) is 113 Å². The van der Waals surface area contributed by atoms with Crippen LogP contribution in [0.2, 0.25) is 0 Å². The predicted octanol–water partition coefficient (Wildman–Crippen LogP) is 9.20. The summed E-state index contributed by atoms with van der Waals surface area (Å²) < 4.78 is 85.3. The van der Waals surface area contributed by atoms with Crippen LogP contribution in [-0.4, -0.2) is 52.7 Å². The molecule has 62 heavy (non-hydrogen) atoms. The Balaban J connectivity index is 1.14. The minimum absolute atomic E-state index is 0.0426. The minimum Gasteiger partial charge on any atom is -0.507 e. The molecule has 2 heterocycles. The van der Waals surface area contributed by atoms with Crippen molar-refractivity contribution in [1.29, 1.82) is 0 Å². The molecule has 5 aromatic rings. The lowest BCUT2D eigenvalue weighted by Gasteiger charge is -2.51. The van der Waals surface area contributed by atoms with Crippen LogP contribution in [0, 0.1) is 46.8 Å². The average molecular weight is 890 g/mol. The molecular weight excluding hydrogens is 858 g/mol. The molecule has 0 spiro atoms. The first-order valence-electron chi connectivity index (χ1n) is 19.2. The van der Waals surface area contributed by atoms with Crippen LogP contribution in [0.15, 0.2) is 90.5 Å². The quantitative estimate of drug-likeness (QED) is 0.0330. The van der Waals surface area contributed by atoms with Crippen molar-refractivity contribution < 1.29 is 55.7 Å². The number of rotatable bonds is 7. The lowest BCUT2D eigenvalue weighted by molar-refractivity contribution is -0.125. The summed E-state index contributed by atoms with van der Waals surface area (Å²) in [4.78, 5) is 53.7. The molecule has 0 radical (unpaired) electrons. The van der Waals surface area contributed by atoms with Crippen molar-refractivity contribution in [2.45, 2.75) is 28.5 Å². The maximum Gasteiger partial charge on any atom is 0.258 e. The molecule has 0 aromatic heterocycles. The zero-order chi connectivity index (χ0) is 44.2. The fourth-order valence-corrected chi connectivity index (χ4v) is 10.5. The normalized spacial score (nSPS) is 25.7. The molecule has 2 aliphatic carbocycles. The molecule has 5 aromatic carbocycles. The van der Waals surface area contributed by atoms with Crippen molar-refractivity contribution in [2.75, 3.05) is 24.0 Å². The number of phenols is 1. The van der Waals surface area contributed by atoms with Gasteiger partial charge in [0.2, 0.25) is 17.6 Å². The summed E-state index contributed by atoms with van der Waals surface area (Å²) in [5.41, 5.74) is 0.285. The summed E-state index contributed by atoms with van der Waals surface area (Å²) in [6.07, 6.45) is 4.53. The third kappa shape index (κ3) is 5.65. The number of alkyl halides is 2. The van der Waals surface area contributed by atoms with Gasteiger partial charge in [-0.25, -0.2) is 26.9 Å². The molecule has 1 N–H and O–H groups in total. The fraction of sp³-hybridized carbons (Fsp3) is 0.217. The third-order valence-corrected chi connectivity index (χ3v) is 13.9. The number of nitrogens with zero attached hydrogens (tertiary/aromatic N) is 2. The zero-order valence-corrected chi connectivity index (χ0v) is 33.9. The second kappa shape index (κ2) is 14.7. The number of carbonyl (C=O) groups is 4. The Bertz CT molecular complexity index is 2840. The molecule has 316 valence electrons. The van der Waals surface area contributed by atoms with E-state index in [0.29, 0.717) is 22.4 Å². The number of halogens is 7. The summed E-state index contributed by atoms with van der Waals surface area (Å²) in [5, 5.41) is 11.4. The van der Waals surface area contributed by atoms with Crippen LogP contribution in [0.25, 0.3) is 22.9 Å². The van der Waals surface area contributed by atoms with Crippen molar-refractivity contribution in [3.63, 3.8) is 0 Å². The van der Waals surface area contributed by atoms with Crippen molar-refractivity contribution in [3.8, 4) is 17.2 Å². The Morgan fingerprint density at radius 3 is 2.05 bits per heavy atom. The second-order valence-electron chi connectivity index (χ2n) is 15.5. The van der Waals surface area contributed by atoms with Gasteiger partial charge < -0.3 is 14.6 Å². The van der Waals surface area contributed by atoms with E-state index in [1.54, 1.807) is 86.0 Å². The van der Waals surface area contributed by atoms with E-state index in [4.69, 9.17) is 32.7 Å². The molecule has 2 saturated heterocycles. The summed E-state index contributed by atoms with van der Waals surface area (Å²) in [6.45, 7) is 0. The Kier molecular flexibility index (Phi) is 9.75. The largest absolute Gasteiger partial charge is 0.507 e. The van der Waals surface area contributed by atoms with E-state index in [2.05, 4.69) is 0 Å². The number of fused-ring (bicyclic) bond motifs is 5. The molecule has 2 aliphatic heterocycles. The van der Waals surface area contributed by atoms with E-state index < -0.39 is 98.2 Å². The Morgan fingerprint density at radius 1 is 0.726 bits per heavy atom. The number of benzene rings is 5. The number of hydrogen-bond acceptors (Lipinski definition) is 7. The first-order valence-corrected chi connectivity index (χ1v) is 19.9. The maximum atomic E-state index is 15.5. The van der Waals surface area contributed by atoms with Crippen molar-refractivity contribution in [3.05, 3.63) is 136 Å². The Morgan fingerprint density at radius 2 is 1.39 bits per heavy atom. The van der Waals surface area contributed by atoms with Crippen LogP contribution in [0.1, 0.15) is 35.4 Å². The third-order valence-electron chi connectivity index (χ3n) is 12.5. The van der Waals surface area contributed by atoms with E-state index in [0.717, 1.165) is 10.5 Å². The maximum absolute atomic E-state index is 15.5. The monoisotopic (exact) mass is 888 g/mol. The highest BCUT2D eigenvalue weighted by Crippen LogP contribution is 2.66. The van der Waals surface area contributed by atoms with Gasteiger partial charge in [0.15, 0.2) is 33.0 Å². The molecule has 0 unspecified atom stereocenters. The number of aromatic hydroxyl groups is 1. The molecule has 9 nitrogen and oxygen atoms in total. The van der Waals surface area contributed by atoms with Crippen LogP contribution in [0.3, 0.4) is 0 Å². The first-order chi connectivity index (χ1) is 29.6. The molecule has 16 heteroatoms. The molecule has 6 atom stereocenters.